The highest BCUT2D eigenvalue weighted by Gasteiger charge is 2.45. The van der Waals surface area contributed by atoms with Crippen LogP contribution in [0.5, 0.6) is 0 Å². The molecule has 11 heavy (non-hydrogen) atoms. The van der Waals surface area contributed by atoms with Crippen LogP contribution >= 0.6 is 0 Å². The summed E-state index contributed by atoms with van der Waals surface area (Å²) >= 11 is 0. The van der Waals surface area contributed by atoms with Crippen molar-refractivity contribution in [2.45, 2.75) is 12.0 Å². The van der Waals surface area contributed by atoms with E-state index in [-0.39, 0.29) is 6.54 Å². The number of nitrogens with one attached hydrogen (secondary N) is 1. The first-order chi connectivity index (χ1) is 5.08. The van der Waals surface area contributed by atoms with Gasteiger partial charge in [0.25, 0.3) is 5.92 Å². The normalized spacial score (nSPS) is 37.1. The highest BCUT2D eigenvalue weighted by atomic mass is 19.3. The maximum atomic E-state index is 12.6. The number of piperidine rings is 1. The lowest BCUT2D eigenvalue weighted by Gasteiger charge is -2.33. The first-order valence-corrected chi connectivity index (χ1v) is 3.45. The fourth-order valence-corrected chi connectivity index (χ4v) is 1.15. The maximum absolute atomic E-state index is 12.6. The molecule has 0 radical (unpaired) electrons. The van der Waals surface area contributed by atoms with Gasteiger partial charge in [-0.2, -0.15) is 0 Å². The molecule has 0 bridgehead atoms. The molecule has 1 saturated heterocycles. The Morgan fingerprint density at radius 2 is 2.18 bits per heavy atom. The first-order valence-electron chi connectivity index (χ1n) is 3.45. The molecule has 3 nitrogen and oxygen atoms in total. The van der Waals surface area contributed by atoms with E-state index < -0.39 is 31.1 Å². The van der Waals surface area contributed by atoms with Crippen molar-refractivity contribution in [2.24, 2.45) is 5.92 Å². The van der Waals surface area contributed by atoms with Gasteiger partial charge in [-0.1, -0.05) is 0 Å². The molecule has 1 aliphatic heterocycles. The Kier molecular flexibility index (Phi) is 2.41. The topological polar surface area (TPSA) is 52.5 Å². The summed E-state index contributed by atoms with van der Waals surface area (Å²) < 4.78 is 25.2. The minimum atomic E-state index is -3.11. The van der Waals surface area contributed by atoms with Crippen LogP contribution in [0.25, 0.3) is 0 Å². The molecule has 0 aliphatic carbocycles. The van der Waals surface area contributed by atoms with Crippen LogP contribution in [0.4, 0.5) is 8.78 Å². The lowest BCUT2D eigenvalue weighted by atomic mass is 9.94. The second-order valence-electron chi connectivity index (χ2n) is 2.78. The van der Waals surface area contributed by atoms with Crippen molar-refractivity contribution < 1.29 is 19.0 Å². The number of halogens is 2. The van der Waals surface area contributed by atoms with E-state index in [0.29, 0.717) is 0 Å². The monoisotopic (exact) mass is 167 g/mol. The third kappa shape index (κ3) is 1.66. The van der Waals surface area contributed by atoms with E-state index in [1.807, 2.05) is 0 Å². The summed E-state index contributed by atoms with van der Waals surface area (Å²) in [6.07, 6.45) is -1.71. The van der Waals surface area contributed by atoms with E-state index in [1.165, 1.54) is 0 Å². The molecule has 1 heterocycles. The van der Waals surface area contributed by atoms with E-state index in [0.717, 1.165) is 0 Å². The highest BCUT2D eigenvalue weighted by molar-refractivity contribution is 4.89. The molecule has 1 aliphatic rings. The van der Waals surface area contributed by atoms with Gasteiger partial charge < -0.3 is 15.5 Å². The van der Waals surface area contributed by atoms with Crippen LogP contribution in [0, 0.1) is 5.92 Å². The molecule has 0 amide bonds. The van der Waals surface area contributed by atoms with Crippen LogP contribution in [0.15, 0.2) is 0 Å². The largest absolute Gasteiger partial charge is 0.396 e. The molecule has 0 saturated carbocycles. The Morgan fingerprint density at radius 3 is 2.64 bits per heavy atom. The van der Waals surface area contributed by atoms with E-state index in [4.69, 9.17) is 10.2 Å². The van der Waals surface area contributed by atoms with Crippen molar-refractivity contribution in [3.8, 4) is 0 Å². The van der Waals surface area contributed by atoms with E-state index in [2.05, 4.69) is 5.32 Å². The summed E-state index contributed by atoms with van der Waals surface area (Å²) in [5.74, 6) is -3.86. The average molecular weight is 167 g/mol. The molecule has 2 unspecified atom stereocenters. The second kappa shape index (κ2) is 3.00. The van der Waals surface area contributed by atoms with Gasteiger partial charge in [-0.25, -0.2) is 8.78 Å². The van der Waals surface area contributed by atoms with Crippen molar-refractivity contribution >= 4 is 0 Å². The van der Waals surface area contributed by atoms with Crippen LogP contribution in [0.1, 0.15) is 0 Å². The zero-order valence-electron chi connectivity index (χ0n) is 5.93. The molecule has 1 fully saturated rings. The van der Waals surface area contributed by atoms with Crippen molar-refractivity contribution in [2.75, 3.05) is 19.7 Å². The lowest BCUT2D eigenvalue weighted by Crippen LogP contribution is -2.56. The minimum absolute atomic E-state index is 0.243. The van der Waals surface area contributed by atoms with Crippen molar-refractivity contribution in [3.05, 3.63) is 0 Å². The van der Waals surface area contributed by atoms with Gasteiger partial charge >= 0.3 is 0 Å². The van der Waals surface area contributed by atoms with Gasteiger partial charge in [-0.3, -0.25) is 0 Å². The summed E-state index contributed by atoms with van der Waals surface area (Å²) in [4.78, 5) is 0. The minimum Gasteiger partial charge on any atom is -0.396 e. The molecule has 1 rings (SSSR count). The average Bonchev–Trinajstić information content (AvgIpc) is 1.95. The summed E-state index contributed by atoms with van der Waals surface area (Å²) in [5, 5.41) is 19.9. The van der Waals surface area contributed by atoms with Gasteiger partial charge in [0.15, 0.2) is 0 Å². The van der Waals surface area contributed by atoms with Gasteiger partial charge in [0.05, 0.1) is 6.54 Å². The predicted octanol–water partition coefficient (Wildman–Crippen LogP) is -0.806. The Labute approximate surface area is 63.0 Å². The van der Waals surface area contributed by atoms with E-state index >= 15 is 0 Å². The molecular weight excluding hydrogens is 156 g/mol. The van der Waals surface area contributed by atoms with Crippen molar-refractivity contribution in [1.82, 2.24) is 5.32 Å². The number of rotatable bonds is 1. The smallest absolute Gasteiger partial charge is 0.285 e. The van der Waals surface area contributed by atoms with Crippen molar-refractivity contribution in [3.63, 3.8) is 0 Å². The fourth-order valence-electron chi connectivity index (χ4n) is 1.15. The third-order valence-corrected chi connectivity index (χ3v) is 1.88. The second-order valence-corrected chi connectivity index (χ2v) is 2.78. The summed E-state index contributed by atoms with van der Waals surface area (Å²) in [7, 11) is 0. The fraction of sp³-hybridized carbons (Fsp3) is 1.00. The van der Waals surface area contributed by atoms with Gasteiger partial charge in [0.2, 0.25) is 0 Å². The predicted molar refractivity (Wildman–Crippen MR) is 34.4 cm³/mol. The van der Waals surface area contributed by atoms with E-state index in [9.17, 15) is 8.78 Å². The zero-order chi connectivity index (χ0) is 8.48. The van der Waals surface area contributed by atoms with Gasteiger partial charge in [-0.05, 0) is 0 Å². The highest BCUT2D eigenvalue weighted by Crippen LogP contribution is 2.26. The maximum Gasteiger partial charge on any atom is 0.285 e. The SMILES string of the molecule is OCC1CNCC(F)(F)C1O. The molecular formula is C6H11F2NO2. The number of hydrogen-bond acceptors (Lipinski definition) is 3. The number of alkyl halides is 2. The Morgan fingerprint density at radius 1 is 1.55 bits per heavy atom. The first kappa shape index (κ1) is 8.83. The Balaban J connectivity index is 2.60. The van der Waals surface area contributed by atoms with Gasteiger partial charge in [0, 0.05) is 19.1 Å². The van der Waals surface area contributed by atoms with Crippen molar-refractivity contribution in [1.29, 1.82) is 0 Å². The molecule has 3 N–H and O–H groups in total. The third-order valence-electron chi connectivity index (χ3n) is 1.88. The molecule has 0 aromatic heterocycles. The summed E-state index contributed by atoms with van der Waals surface area (Å²) in [5.41, 5.74) is 0. The van der Waals surface area contributed by atoms with Gasteiger partial charge in [0.1, 0.15) is 6.10 Å². The molecule has 0 aromatic rings. The standard InChI is InChI=1S/C6H11F2NO2/c7-6(8)3-9-1-4(2-10)5(6)11/h4-5,9-11H,1-3H2. The molecule has 2 atom stereocenters. The Bertz CT molecular complexity index is 143. The molecule has 5 heteroatoms. The number of hydrogen-bond donors (Lipinski definition) is 3. The van der Waals surface area contributed by atoms with Crippen LogP contribution in [-0.4, -0.2) is 41.9 Å². The zero-order valence-corrected chi connectivity index (χ0v) is 5.93. The number of aliphatic hydroxyl groups excluding tert-OH is 2. The van der Waals surface area contributed by atoms with Crippen LogP contribution in [0.2, 0.25) is 0 Å². The molecule has 66 valence electrons. The van der Waals surface area contributed by atoms with E-state index in [1.54, 1.807) is 0 Å². The van der Waals surface area contributed by atoms with Crippen LogP contribution in [-0.2, 0) is 0 Å². The quantitative estimate of drug-likeness (QED) is 0.479. The summed E-state index contributed by atoms with van der Waals surface area (Å²) in [6, 6.07) is 0. The summed E-state index contributed by atoms with van der Waals surface area (Å²) in [6.45, 7) is -0.679. The molecule has 0 aromatic carbocycles. The molecule has 0 spiro atoms. The van der Waals surface area contributed by atoms with Gasteiger partial charge in [-0.15, -0.1) is 0 Å². The lowest BCUT2D eigenvalue weighted by molar-refractivity contribution is -0.151. The van der Waals surface area contributed by atoms with Crippen LogP contribution < -0.4 is 5.32 Å². The Hall–Kier alpha value is -0.260. The number of aliphatic hydroxyl groups is 2. The van der Waals surface area contributed by atoms with Crippen LogP contribution in [0.3, 0.4) is 0 Å².